The first-order valence-electron chi connectivity index (χ1n) is 30.6. The van der Waals surface area contributed by atoms with Gasteiger partial charge in [-0.1, -0.05) is 119 Å². The van der Waals surface area contributed by atoms with Crippen molar-refractivity contribution in [1.29, 1.82) is 0 Å². The second-order valence-corrected chi connectivity index (χ2v) is 27.8. The molecular weight excluding hydrogens is 1100 g/mol. The number of ether oxygens (including phenoxy) is 8. The molecule has 0 saturated carbocycles. The predicted octanol–water partition coefficient (Wildman–Crippen LogP) is 12.8. The summed E-state index contributed by atoms with van der Waals surface area (Å²) in [6.45, 7) is 30.1. The zero-order valence-corrected chi connectivity index (χ0v) is 56.1. The number of allylic oxidation sites excluding steroid dienone is 3. The van der Waals surface area contributed by atoms with E-state index >= 15 is 0 Å². The number of fused-ring (bicyclic) bond motifs is 7. The lowest BCUT2D eigenvalue weighted by Crippen LogP contribution is -2.19. The molecule has 0 unspecified atom stereocenters. The predicted molar refractivity (Wildman–Crippen MR) is 359 cm³/mol. The van der Waals surface area contributed by atoms with Gasteiger partial charge >= 0.3 is 0 Å². The highest BCUT2D eigenvalue weighted by molar-refractivity contribution is 6.34. The summed E-state index contributed by atoms with van der Waals surface area (Å²) in [4.78, 5) is 13.6. The van der Waals surface area contributed by atoms with Gasteiger partial charge in [0.05, 0.1) is 86.9 Å². The van der Waals surface area contributed by atoms with Crippen LogP contribution in [0.5, 0.6) is 0 Å². The zero-order valence-electron chi connectivity index (χ0n) is 56.1. The Labute approximate surface area is 523 Å². The summed E-state index contributed by atoms with van der Waals surface area (Å²) in [5.41, 5.74) is 24.2. The summed E-state index contributed by atoms with van der Waals surface area (Å²) in [5, 5.41) is 7.50. The normalized spacial score (nSPS) is 14.5. The van der Waals surface area contributed by atoms with Crippen molar-refractivity contribution in [3.05, 3.63) is 190 Å². The van der Waals surface area contributed by atoms with E-state index in [2.05, 4.69) is 196 Å². The Morgan fingerprint density at radius 3 is 1.05 bits per heavy atom. The molecule has 466 valence electrons. The van der Waals surface area contributed by atoms with E-state index in [1.807, 2.05) is 0 Å². The Bertz CT molecular complexity index is 3890. The fourth-order valence-corrected chi connectivity index (χ4v) is 12.4. The maximum atomic E-state index is 6.07. The summed E-state index contributed by atoms with van der Waals surface area (Å²) < 4.78 is 48.5. The molecule has 0 radical (unpaired) electrons. The van der Waals surface area contributed by atoms with Crippen LogP contribution in [0.15, 0.2) is 89.6 Å². The highest BCUT2D eigenvalue weighted by Crippen LogP contribution is 2.42. The molecular formula is C76H95N4O8+. The Morgan fingerprint density at radius 1 is 0.386 bits per heavy atom. The maximum Gasteiger partial charge on any atom is 0.157 e. The van der Waals surface area contributed by atoms with Crippen molar-refractivity contribution >= 4 is 40.4 Å². The fourth-order valence-electron chi connectivity index (χ4n) is 12.4. The number of benzene rings is 4. The molecule has 0 spiro atoms. The van der Waals surface area contributed by atoms with Crippen LogP contribution in [-0.4, -0.2) is 72.6 Å². The third-order valence-electron chi connectivity index (χ3n) is 16.9. The third kappa shape index (κ3) is 13.8. The van der Waals surface area contributed by atoms with Gasteiger partial charge in [-0.25, -0.2) is 4.99 Å². The number of hydrogen-bond donors (Lipinski definition) is 3. The molecule has 3 N–H and O–H groups in total. The van der Waals surface area contributed by atoms with Gasteiger partial charge in [0.25, 0.3) is 0 Å². The number of H-pyrrole nitrogens is 2. The minimum Gasteiger partial charge on any atom is -0.380 e. The average molecular weight is 1190 g/mol. The number of hydrogen-bond acceptors (Lipinski definition) is 10. The molecule has 6 aromatic rings. The second kappa shape index (κ2) is 26.7. The van der Waals surface area contributed by atoms with Gasteiger partial charge in [-0.05, 0) is 136 Å². The Morgan fingerprint density at radius 2 is 0.705 bits per heavy atom. The second-order valence-electron chi connectivity index (χ2n) is 27.8. The summed E-state index contributed by atoms with van der Waals surface area (Å²) in [5.74, 6) is 0. The summed E-state index contributed by atoms with van der Waals surface area (Å²) in [6.07, 6.45) is 13.2. The number of aromatic amines is 2. The Balaban J connectivity index is 1.49. The molecule has 9 rings (SSSR count). The SMILES string of the molecule is COCc1cc(C(C)(C)C)cc(COC)c1C1=CC2=c3cc(-c4c(COC)cc(C(C)(C)C)cc4COC)c([nH]3)=CC=c3[nH]c(cc3-c3c(COC)cc(C(C)(C)C)cc3COC)=C3[CH+]C(c4c(COC)cc(C(C)(C)C)cc4COC)=C(C=CC1=N2)N3. The molecule has 4 aromatic carbocycles. The van der Waals surface area contributed by atoms with Crippen LogP contribution in [0.1, 0.15) is 161 Å². The van der Waals surface area contributed by atoms with E-state index < -0.39 is 0 Å². The highest BCUT2D eigenvalue weighted by Gasteiger charge is 2.35. The van der Waals surface area contributed by atoms with E-state index in [1.54, 1.807) is 56.9 Å². The van der Waals surface area contributed by atoms with Crippen LogP contribution >= 0.6 is 0 Å². The van der Waals surface area contributed by atoms with Gasteiger partial charge in [0.1, 0.15) is 16.6 Å². The summed E-state index contributed by atoms with van der Waals surface area (Å²) in [7, 11) is 14.1. The van der Waals surface area contributed by atoms with Crippen molar-refractivity contribution in [2.75, 3.05) is 56.9 Å². The molecule has 0 saturated heterocycles. The zero-order chi connectivity index (χ0) is 63.6. The van der Waals surface area contributed by atoms with E-state index in [9.17, 15) is 0 Å². The number of aromatic nitrogens is 2. The Kier molecular flexibility index (Phi) is 19.9. The van der Waals surface area contributed by atoms with Crippen LogP contribution in [0.25, 0.3) is 56.9 Å². The smallest absolute Gasteiger partial charge is 0.157 e. The minimum absolute atomic E-state index is 0.137. The van der Waals surface area contributed by atoms with Crippen LogP contribution in [-0.2, 0) is 112 Å². The average Bonchev–Trinajstić information content (AvgIpc) is 2.56. The number of rotatable bonds is 20. The first kappa shape index (κ1) is 65.6. The maximum absolute atomic E-state index is 6.07. The van der Waals surface area contributed by atoms with Gasteiger partial charge in [-0.2, -0.15) is 0 Å². The standard InChI is InChI=1S/C76H95N4O8/c1-73(2,3)53-25-45(37-81-13)69(46(26-53)38-82-14)57-33-65-66-34-58(70-47(39-83-15)27-54(74(4,5)6)28-48(70)40-84-16)63(78-66)23-24-64-60(72-51(43-87-19)31-56(76(10,11)12)32-52(72)44-88-20)36-68(80-64)67-35-59(62(79-67)22-21-61(57)77-65)71-49(41-85-17)29-55(75(7,8)9)30-50(71)42-86-18/h21-36,77-79H,37-44H2,1-20H3/q+1. The number of nitrogens with one attached hydrogen (secondary N) is 3. The monoisotopic (exact) mass is 1190 g/mol. The molecule has 12 nitrogen and oxygen atoms in total. The van der Waals surface area contributed by atoms with Crippen LogP contribution < -0.4 is 26.7 Å². The first-order chi connectivity index (χ1) is 41.8. The lowest BCUT2D eigenvalue weighted by Gasteiger charge is -2.24. The number of methoxy groups -OCH3 is 8. The van der Waals surface area contributed by atoms with Crippen molar-refractivity contribution in [1.82, 2.24) is 15.3 Å². The first-order valence-corrected chi connectivity index (χ1v) is 30.6. The van der Waals surface area contributed by atoms with E-state index in [-0.39, 0.29) is 21.7 Å². The topological polar surface area (TPSA) is 130 Å². The molecule has 3 aliphatic heterocycles. The van der Waals surface area contributed by atoms with Crippen LogP contribution in [0, 0.1) is 6.42 Å². The van der Waals surface area contributed by atoms with E-state index in [1.165, 1.54) is 22.3 Å². The van der Waals surface area contributed by atoms with Gasteiger partial charge in [0.2, 0.25) is 0 Å². The molecule has 0 atom stereocenters. The molecule has 8 bridgehead atoms. The van der Waals surface area contributed by atoms with Crippen LogP contribution in [0.2, 0.25) is 0 Å². The molecule has 2 aromatic heterocycles. The lowest BCUT2D eigenvalue weighted by molar-refractivity contribution is 0.179. The molecule has 12 heteroatoms. The van der Waals surface area contributed by atoms with Gasteiger partial charge < -0.3 is 47.9 Å². The molecule has 0 aliphatic carbocycles. The van der Waals surface area contributed by atoms with Crippen molar-refractivity contribution in [3.8, 4) is 22.3 Å². The van der Waals surface area contributed by atoms with E-state index in [0.717, 1.165) is 133 Å². The van der Waals surface area contributed by atoms with Gasteiger partial charge in [0, 0.05) is 102 Å². The summed E-state index contributed by atoms with van der Waals surface area (Å²) in [6, 6.07) is 22.9. The molecule has 0 amide bonds. The van der Waals surface area contributed by atoms with Crippen LogP contribution in [0.3, 0.4) is 0 Å². The van der Waals surface area contributed by atoms with Crippen molar-refractivity contribution in [2.24, 2.45) is 4.99 Å². The number of aliphatic imine (C=N–C) groups is 1. The lowest BCUT2D eigenvalue weighted by atomic mass is 9.81. The molecule has 88 heavy (non-hydrogen) atoms. The van der Waals surface area contributed by atoms with Crippen LogP contribution in [0.4, 0.5) is 0 Å². The largest absolute Gasteiger partial charge is 0.380 e. The van der Waals surface area contributed by atoms with Crippen molar-refractivity contribution in [3.63, 3.8) is 0 Å². The highest BCUT2D eigenvalue weighted by atomic mass is 16.5. The summed E-state index contributed by atoms with van der Waals surface area (Å²) >= 11 is 0. The molecule has 0 fully saturated rings. The third-order valence-corrected chi connectivity index (χ3v) is 16.9. The quantitative estimate of drug-likeness (QED) is 0.0640. The molecule has 3 aliphatic rings. The fraction of sp³-hybridized carbons (Fsp3) is 0.421. The Hall–Kier alpha value is -6.84. The van der Waals surface area contributed by atoms with E-state index in [0.29, 0.717) is 52.9 Å². The van der Waals surface area contributed by atoms with Crippen molar-refractivity contribution in [2.45, 2.75) is 158 Å². The van der Waals surface area contributed by atoms with Gasteiger partial charge in [-0.3, -0.25) is 5.32 Å². The molecule has 5 heterocycles. The van der Waals surface area contributed by atoms with Gasteiger partial charge in [-0.15, -0.1) is 0 Å². The van der Waals surface area contributed by atoms with Gasteiger partial charge in [0.15, 0.2) is 5.70 Å². The minimum atomic E-state index is -0.142. The van der Waals surface area contributed by atoms with Crippen molar-refractivity contribution < 1.29 is 37.9 Å². The number of nitrogens with zero attached hydrogens (tertiary/aromatic N) is 1. The van der Waals surface area contributed by atoms with E-state index in [4.69, 9.17) is 42.9 Å².